The Bertz CT molecular complexity index is 762. The molecule has 0 spiro atoms. The monoisotopic (exact) mass is 327 g/mol. The van der Waals surface area contributed by atoms with E-state index in [0.29, 0.717) is 5.69 Å². The van der Waals surface area contributed by atoms with Gasteiger partial charge < -0.3 is 9.64 Å². The van der Waals surface area contributed by atoms with E-state index in [1.54, 1.807) is 6.07 Å². The van der Waals surface area contributed by atoms with E-state index >= 15 is 0 Å². The summed E-state index contributed by atoms with van der Waals surface area (Å²) in [5.41, 5.74) is 2.45. The van der Waals surface area contributed by atoms with Gasteiger partial charge in [0.1, 0.15) is 6.54 Å². The molecule has 0 aliphatic carbocycles. The standard InChI is InChI=1S/C18H21N3O3/c1-24-18(23)13-21-17(22)10-9-16(19-21)14-5-7-15(8-6-14)20-11-3-2-4-12-20/h5-10H,2-4,11-13H2,1H3. The van der Waals surface area contributed by atoms with Crippen molar-refractivity contribution in [3.8, 4) is 11.3 Å². The van der Waals surface area contributed by atoms with Crippen molar-refractivity contribution >= 4 is 11.7 Å². The summed E-state index contributed by atoms with van der Waals surface area (Å²) < 4.78 is 5.72. The van der Waals surface area contributed by atoms with E-state index in [0.717, 1.165) is 23.3 Å². The maximum absolute atomic E-state index is 11.8. The number of carbonyl (C=O) groups is 1. The first-order chi connectivity index (χ1) is 11.7. The lowest BCUT2D eigenvalue weighted by Gasteiger charge is -2.28. The van der Waals surface area contributed by atoms with Gasteiger partial charge >= 0.3 is 5.97 Å². The molecule has 2 aromatic rings. The van der Waals surface area contributed by atoms with Crippen molar-refractivity contribution in [3.05, 3.63) is 46.8 Å². The van der Waals surface area contributed by atoms with Gasteiger partial charge in [0.15, 0.2) is 0 Å². The molecule has 0 radical (unpaired) electrons. The number of esters is 1. The molecule has 0 saturated carbocycles. The summed E-state index contributed by atoms with van der Waals surface area (Å²) in [6.45, 7) is 2.01. The molecule has 1 fully saturated rings. The lowest BCUT2D eigenvalue weighted by Crippen LogP contribution is -2.29. The number of aromatic nitrogens is 2. The van der Waals surface area contributed by atoms with E-state index in [1.165, 1.54) is 38.1 Å². The summed E-state index contributed by atoms with van der Waals surface area (Å²) in [6.07, 6.45) is 3.78. The number of rotatable bonds is 4. The van der Waals surface area contributed by atoms with Crippen LogP contribution in [-0.2, 0) is 16.1 Å². The Labute approximate surface area is 140 Å². The maximum Gasteiger partial charge on any atom is 0.327 e. The minimum atomic E-state index is -0.498. The Hall–Kier alpha value is -2.63. The molecule has 6 nitrogen and oxygen atoms in total. The second kappa shape index (κ2) is 7.29. The molecule has 1 aromatic carbocycles. The van der Waals surface area contributed by atoms with Crippen LogP contribution >= 0.6 is 0 Å². The highest BCUT2D eigenvalue weighted by molar-refractivity contribution is 5.69. The van der Waals surface area contributed by atoms with Gasteiger partial charge in [-0.3, -0.25) is 9.59 Å². The number of carbonyl (C=O) groups excluding carboxylic acids is 1. The van der Waals surface area contributed by atoms with Gasteiger partial charge in [0.2, 0.25) is 0 Å². The number of nitrogens with zero attached hydrogens (tertiary/aromatic N) is 3. The largest absolute Gasteiger partial charge is 0.468 e. The van der Waals surface area contributed by atoms with Gasteiger partial charge in [0, 0.05) is 30.4 Å². The van der Waals surface area contributed by atoms with Gasteiger partial charge in [-0.25, -0.2) is 4.68 Å². The topological polar surface area (TPSA) is 64.4 Å². The third kappa shape index (κ3) is 3.64. The molecule has 3 rings (SSSR count). The first-order valence-electron chi connectivity index (χ1n) is 8.18. The summed E-state index contributed by atoms with van der Waals surface area (Å²) in [6, 6.07) is 11.3. The van der Waals surface area contributed by atoms with Crippen molar-refractivity contribution in [3.63, 3.8) is 0 Å². The van der Waals surface area contributed by atoms with Crippen molar-refractivity contribution in [1.82, 2.24) is 9.78 Å². The molecule has 1 aromatic heterocycles. The highest BCUT2D eigenvalue weighted by atomic mass is 16.5. The van der Waals surface area contributed by atoms with Crippen molar-refractivity contribution in [2.45, 2.75) is 25.8 Å². The first-order valence-corrected chi connectivity index (χ1v) is 8.18. The van der Waals surface area contributed by atoms with Crippen LogP contribution in [0.2, 0.25) is 0 Å². The fourth-order valence-corrected chi connectivity index (χ4v) is 2.90. The number of benzene rings is 1. The van der Waals surface area contributed by atoms with E-state index in [2.05, 4.69) is 26.9 Å². The lowest BCUT2D eigenvalue weighted by atomic mass is 10.1. The number of anilines is 1. The predicted octanol–water partition coefficient (Wildman–Crippen LogP) is 2.07. The Morgan fingerprint density at radius 3 is 2.46 bits per heavy atom. The molecule has 1 aliphatic heterocycles. The summed E-state index contributed by atoms with van der Waals surface area (Å²) in [4.78, 5) is 25.6. The highest BCUT2D eigenvalue weighted by Gasteiger charge is 2.12. The Balaban J connectivity index is 1.82. The molecule has 126 valence electrons. The maximum atomic E-state index is 11.8. The molecule has 0 unspecified atom stereocenters. The van der Waals surface area contributed by atoms with Gasteiger partial charge in [-0.15, -0.1) is 0 Å². The fourth-order valence-electron chi connectivity index (χ4n) is 2.90. The van der Waals surface area contributed by atoms with E-state index in [-0.39, 0.29) is 12.1 Å². The van der Waals surface area contributed by atoms with Gasteiger partial charge in [-0.2, -0.15) is 5.10 Å². The molecule has 1 aliphatic rings. The summed E-state index contributed by atoms with van der Waals surface area (Å²) in [5.74, 6) is -0.498. The summed E-state index contributed by atoms with van der Waals surface area (Å²) in [7, 11) is 1.29. The zero-order valence-corrected chi connectivity index (χ0v) is 13.8. The molecule has 0 amide bonds. The van der Waals surface area contributed by atoms with Gasteiger partial charge in [-0.05, 0) is 37.5 Å². The molecule has 2 heterocycles. The highest BCUT2D eigenvalue weighted by Crippen LogP contribution is 2.23. The fraction of sp³-hybridized carbons (Fsp3) is 0.389. The minimum absolute atomic E-state index is 0.185. The van der Waals surface area contributed by atoms with Crippen molar-refractivity contribution in [2.75, 3.05) is 25.1 Å². The molecule has 1 saturated heterocycles. The number of hydrogen-bond acceptors (Lipinski definition) is 5. The molecule has 0 N–H and O–H groups in total. The van der Waals surface area contributed by atoms with Crippen LogP contribution in [-0.4, -0.2) is 35.9 Å². The lowest BCUT2D eigenvalue weighted by molar-refractivity contribution is -0.141. The zero-order valence-electron chi connectivity index (χ0n) is 13.8. The number of methoxy groups -OCH3 is 1. The molecule has 6 heteroatoms. The average molecular weight is 327 g/mol. The van der Waals surface area contributed by atoms with Crippen LogP contribution < -0.4 is 10.5 Å². The number of piperidine rings is 1. The third-order valence-corrected chi connectivity index (χ3v) is 4.26. The number of ether oxygens (including phenoxy) is 1. The van der Waals surface area contributed by atoms with Crippen LogP contribution in [0.3, 0.4) is 0 Å². The second-order valence-corrected chi connectivity index (χ2v) is 5.89. The predicted molar refractivity (Wildman–Crippen MR) is 92.0 cm³/mol. The van der Waals surface area contributed by atoms with E-state index < -0.39 is 5.97 Å². The molecule has 0 atom stereocenters. The quantitative estimate of drug-likeness (QED) is 0.805. The Kier molecular flexibility index (Phi) is 4.93. The molecular formula is C18H21N3O3. The van der Waals surface area contributed by atoms with Crippen molar-refractivity contribution in [1.29, 1.82) is 0 Å². The normalized spacial score (nSPS) is 14.5. The third-order valence-electron chi connectivity index (χ3n) is 4.26. The van der Waals surface area contributed by atoms with Crippen LogP contribution in [0.1, 0.15) is 19.3 Å². The Morgan fingerprint density at radius 2 is 1.79 bits per heavy atom. The smallest absolute Gasteiger partial charge is 0.327 e. The van der Waals surface area contributed by atoms with Crippen LogP contribution in [0.4, 0.5) is 5.69 Å². The van der Waals surface area contributed by atoms with Gasteiger partial charge in [0.05, 0.1) is 12.8 Å². The summed E-state index contributed by atoms with van der Waals surface area (Å²) >= 11 is 0. The number of hydrogen-bond donors (Lipinski definition) is 0. The second-order valence-electron chi connectivity index (χ2n) is 5.89. The van der Waals surface area contributed by atoms with Crippen molar-refractivity contribution in [2.24, 2.45) is 0 Å². The van der Waals surface area contributed by atoms with E-state index in [1.807, 2.05) is 12.1 Å². The van der Waals surface area contributed by atoms with E-state index in [4.69, 9.17) is 0 Å². The minimum Gasteiger partial charge on any atom is -0.468 e. The van der Waals surface area contributed by atoms with Crippen LogP contribution in [0, 0.1) is 0 Å². The molecular weight excluding hydrogens is 306 g/mol. The molecule has 0 bridgehead atoms. The van der Waals surface area contributed by atoms with Gasteiger partial charge in [0.25, 0.3) is 5.56 Å². The van der Waals surface area contributed by atoms with Crippen molar-refractivity contribution < 1.29 is 9.53 Å². The van der Waals surface area contributed by atoms with Crippen LogP contribution in [0.15, 0.2) is 41.2 Å². The Morgan fingerprint density at radius 1 is 1.08 bits per heavy atom. The summed E-state index contributed by atoms with van der Waals surface area (Å²) in [5, 5.41) is 4.26. The first kappa shape index (κ1) is 16.2. The van der Waals surface area contributed by atoms with Crippen LogP contribution in [0.25, 0.3) is 11.3 Å². The zero-order chi connectivity index (χ0) is 16.9. The van der Waals surface area contributed by atoms with Gasteiger partial charge in [-0.1, -0.05) is 12.1 Å². The van der Waals surface area contributed by atoms with Crippen LogP contribution in [0.5, 0.6) is 0 Å². The molecule has 24 heavy (non-hydrogen) atoms. The average Bonchev–Trinajstić information content (AvgIpc) is 2.64. The SMILES string of the molecule is COC(=O)Cn1nc(-c2ccc(N3CCCCC3)cc2)ccc1=O. The van der Waals surface area contributed by atoms with E-state index in [9.17, 15) is 9.59 Å².